The molecule has 1 N–H and O–H groups in total. The van der Waals surface area contributed by atoms with E-state index in [9.17, 15) is 4.79 Å². The molecule has 3 aromatic heterocycles. The Balaban J connectivity index is 1.78. The third-order valence-corrected chi connectivity index (χ3v) is 2.94. The summed E-state index contributed by atoms with van der Waals surface area (Å²) in [5, 5.41) is 2.74. The number of carbonyl (C=O) groups is 1. The molecule has 3 rings (SSSR count). The number of pyridine rings is 2. The van der Waals surface area contributed by atoms with E-state index in [-0.39, 0.29) is 5.91 Å². The van der Waals surface area contributed by atoms with Crippen LogP contribution in [0, 0.1) is 0 Å². The van der Waals surface area contributed by atoms with Crippen molar-refractivity contribution in [2.24, 2.45) is 0 Å². The van der Waals surface area contributed by atoms with E-state index in [4.69, 9.17) is 4.74 Å². The van der Waals surface area contributed by atoms with Crippen molar-refractivity contribution in [3.8, 4) is 11.7 Å². The highest BCUT2D eigenvalue weighted by Crippen LogP contribution is 2.12. The van der Waals surface area contributed by atoms with Crippen LogP contribution >= 0.6 is 0 Å². The Morgan fingerprint density at radius 3 is 2.86 bits per heavy atom. The zero-order chi connectivity index (χ0) is 15.4. The van der Waals surface area contributed by atoms with Crippen molar-refractivity contribution in [3.05, 3.63) is 60.9 Å². The number of ether oxygens (including phenoxy) is 1. The Hall–Kier alpha value is -3.22. The SMILES string of the molecule is COc1ccc(NC(=O)c2cccc(-n3ccnc3)n2)cn1. The fourth-order valence-electron chi connectivity index (χ4n) is 1.86. The van der Waals surface area contributed by atoms with E-state index < -0.39 is 0 Å². The maximum absolute atomic E-state index is 12.2. The Bertz CT molecular complexity index is 769. The Morgan fingerprint density at radius 1 is 1.27 bits per heavy atom. The highest BCUT2D eigenvalue weighted by atomic mass is 16.5. The van der Waals surface area contributed by atoms with Crippen molar-refractivity contribution in [1.82, 2.24) is 19.5 Å². The van der Waals surface area contributed by atoms with Gasteiger partial charge in [-0.15, -0.1) is 0 Å². The first kappa shape index (κ1) is 13.7. The third-order valence-electron chi connectivity index (χ3n) is 2.94. The zero-order valence-electron chi connectivity index (χ0n) is 11.8. The summed E-state index contributed by atoms with van der Waals surface area (Å²) in [5.74, 6) is 0.796. The first-order chi connectivity index (χ1) is 10.8. The molecule has 0 fully saturated rings. The van der Waals surface area contributed by atoms with Crippen molar-refractivity contribution in [2.45, 2.75) is 0 Å². The van der Waals surface area contributed by atoms with Gasteiger partial charge in [0.1, 0.15) is 17.8 Å². The first-order valence-corrected chi connectivity index (χ1v) is 6.53. The summed E-state index contributed by atoms with van der Waals surface area (Å²) in [6.45, 7) is 0. The van der Waals surface area contributed by atoms with Crippen LogP contribution in [0.25, 0.3) is 5.82 Å². The van der Waals surface area contributed by atoms with Gasteiger partial charge in [-0.1, -0.05) is 6.07 Å². The van der Waals surface area contributed by atoms with E-state index in [0.29, 0.717) is 23.1 Å². The largest absolute Gasteiger partial charge is 0.481 e. The van der Waals surface area contributed by atoms with Crippen LogP contribution in [0.15, 0.2) is 55.2 Å². The Kier molecular flexibility index (Phi) is 3.78. The van der Waals surface area contributed by atoms with E-state index in [1.807, 2.05) is 0 Å². The quantitative estimate of drug-likeness (QED) is 0.795. The van der Waals surface area contributed by atoms with Crippen LogP contribution in [0.2, 0.25) is 0 Å². The molecule has 0 aliphatic carbocycles. The molecule has 3 aromatic rings. The zero-order valence-corrected chi connectivity index (χ0v) is 11.8. The molecule has 0 aliphatic rings. The van der Waals surface area contributed by atoms with Crippen molar-refractivity contribution >= 4 is 11.6 Å². The molecule has 0 atom stereocenters. The van der Waals surface area contributed by atoms with Crippen LogP contribution in [0.1, 0.15) is 10.5 Å². The lowest BCUT2D eigenvalue weighted by atomic mass is 10.3. The molecule has 0 radical (unpaired) electrons. The molecule has 22 heavy (non-hydrogen) atoms. The maximum Gasteiger partial charge on any atom is 0.274 e. The minimum atomic E-state index is -0.311. The lowest BCUT2D eigenvalue weighted by Crippen LogP contribution is -2.14. The van der Waals surface area contributed by atoms with Crippen LogP contribution in [0.4, 0.5) is 5.69 Å². The molecule has 110 valence electrons. The summed E-state index contributed by atoms with van der Waals surface area (Å²) in [5.41, 5.74) is 0.877. The topological polar surface area (TPSA) is 81.9 Å². The molecular weight excluding hydrogens is 282 g/mol. The van der Waals surface area contributed by atoms with Gasteiger partial charge in [0.2, 0.25) is 5.88 Å². The van der Waals surface area contributed by atoms with Gasteiger partial charge >= 0.3 is 0 Å². The normalized spacial score (nSPS) is 10.2. The van der Waals surface area contributed by atoms with Gasteiger partial charge in [0.05, 0.1) is 19.0 Å². The third kappa shape index (κ3) is 2.93. The highest BCUT2D eigenvalue weighted by Gasteiger charge is 2.09. The molecule has 0 aromatic carbocycles. The summed E-state index contributed by atoms with van der Waals surface area (Å²) in [6, 6.07) is 8.60. The number of rotatable bonds is 4. The lowest BCUT2D eigenvalue weighted by molar-refractivity contribution is 0.102. The van der Waals surface area contributed by atoms with Gasteiger partial charge in [0, 0.05) is 18.5 Å². The van der Waals surface area contributed by atoms with Crippen LogP contribution in [0.5, 0.6) is 5.88 Å². The van der Waals surface area contributed by atoms with Gasteiger partial charge in [0.25, 0.3) is 5.91 Å². The first-order valence-electron chi connectivity index (χ1n) is 6.53. The van der Waals surface area contributed by atoms with Gasteiger partial charge in [0.15, 0.2) is 0 Å². The molecule has 0 aliphatic heterocycles. The van der Waals surface area contributed by atoms with Crippen LogP contribution < -0.4 is 10.1 Å². The predicted octanol–water partition coefficient (Wildman–Crippen LogP) is 1.92. The Morgan fingerprint density at radius 2 is 2.18 bits per heavy atom. The average Bonchev–Trinajstić information content (AvgIpc) is 3.10. The van der Waals surface area contributed by atoms with Gasteiger partial charge < -0.3 is 10.1 Å². The monoisotopic (exact) mass is 295 g/mol. The van der Waals surface area contributed by atoms with Gasteiger partial charge in [-0.05, 0) is 18.2 Å². The summed E-state index contributed by atoms with van der Waals surface area (Å²) < 4.78 is 6.70. The molecule has 7 nitrogen and oxygen atoms in total. The van der Waals surface area contributed by atoms with E-state index >= 15 is 0 Å². The van der Waals surface area contributed by atoms with Gasteiger partial charge in [-0.2, -0.15) is 0 Å². The number of nitrogens with zero attached hydrogens (tertiary/aromatic N) is 4. The predicted molar refractivity (Wildman–Crippen MR) is 80.1 cm³/mol. The number of carbonyl (C=O) groups excluding carboxylic acids is 1. The number of nitrogens with one attached hydrogen (secondary N) is 1. The van der Waals surface area contributed by atoms with Crippen molar-refractivity contribution in [1.29, 1.82) is 0 Å². The number of imidazole rings is 1. The second-order valence-electron chi connectivity index (χ2n) is 4.39. The lowest BCUT2D eigenvalue weighted by Gasteiger charge is -2.07. The molecule has 0 spiro atoms. The molecule has 1 amide bonds. The number of hydrogen-bond donors (Lipinski definition) is 1. The molecular formula is C15H13N5O2. The minimum Gasteiger partial charge on any atom is -0.481 e. The van der Waals surface area contributed by atoms with Crippen molar-refractivity contribution in [3.63, 3.8) is 0 Å². The smallest absolute Gasteiger partial charge is 0.274 e. The van der Waals surface area contributed by atoms with E-state index in [2.05, 4.69) is 20.3 Å². The van der Waals surface area contributed by atoms with E-state index in [0.717, 1.165) is 0 Å². The Labute approximate surface area is 126 Å². The average molecular weight is 295 g/mol. The fraction of sp³-hybridized carbons (Fsp3) is 0.0667. The van der Waals surface area contributed by atoms with E-state index in [1.54, 1.807) is 53.6 Å². The van der Waals surface area contributed by atoms with Gasteiger partial charge in [-0.3, -0.25) is 9.36 Å². The maximum atomic E-state index is 12.2. The second kappa shape index (κ2) is 6.04. The summed E-state index contributed by atoms with van der Waals surface area (Å²) in [4.78, 5) is 24.5. The number of hydrogen-bond acceptors (Lipinski definition) is 5. The van der Waals surface area contributed by atoms with Crippen molar-refractivity contribution in [2.75, 3.05) is 12.4 Å². The minimum absolute atomic E-state index is 0.307. The molecule has 0 saturated heterocycles. The second-order valence-corrected chi connectivity index (χ2v) is 4.39. The highest BCUT2D eigenvalue weighted by molar-refractivity contribution is 6.02. The molecule has 3 heterocycles. The fourth-order valence-corrected chi connectivity index (χ4v) is 1.86. The molecule has 0 saturated carbocycles. The summed E-state index contributed by atoms with van der Waals surface area (Å²) in [6.07, 6.45) is 6.56. The summed E-state index contributed by atoms with van der Waals surface area (Å²) in [7, 11) is 1.53. The molecule has 0 bridgehead atoms. The number of anilines is 1. The van der Waals surface area contributed by atoms with Crippen LogP contribution in [-0.2, 0) is 0 Å². The van der Waals surface area contributed by atoms with Crippen molar-refractivity contribution < 1.29 is 9.53 Å². The number of aromatic nitrogens is 4. The van der Waals surface area contributed by atoms with Crippen LogP contribution in [-0.4, -0.2) is 32.5 Å². The standard InChI is InChI=1S/C15H13N5O2/c1-22-14-6-5-11(9-17-14)18-15(21)12-3-2-4-13(19-12)20-8-7-16-10-20/h2-10H,1H3,(H,18,21). The molecule has 7 heteroatoms. The van der Waals surface area contributed by atoms with Crippen LogP contribution in [0.3, 0.4) is 0 Å². The number of amides is 1. The molecule has 0 unspecified atom stereocenters. The van der Waals surface area contributed by atoms with Gasteiger partial charge in [-0.25, -0.2) is 15.0 Å². The summed E-state index contributed by atoms with van der Waals surface area (Å²) >= 11 is 0. The number of methoxy groups -OCH3 is 1. The van der Waals surface area contributed by atoms with E-state index in [1.165, 1.54) is 13.3 Å².